The molecule has 0 saturated carbocycles. The van der Waals surface area contributed by atoms with Crippen molar-refractivity contribution in [2.75, 3.05) is 45.1 Å². The van der Waals surface area contributed by atoms with Crippen LogP contribution in [-0.4, -0.2) is 57.1 Å². The summed E-state index contributed by atoms with van der Waals surface area (Å²) >= 11 is 1.15. The molecule has 0 aromatic heterocycles. The standard InChI is InChI=1S/C30H31N3O6S/c1-19-9-11-20(12-10-19)28(34)31-21-7-5-8-23(17-21)40-27-26(29(35)33(30(27)36)15-6-16-37-2)32-24-14-13-22(38-3)18-25(24)39-4/h5,7-14,17-18,32H,6,15-16H2,1-4H3,(H,31,34). The van der Waals surface area contributed by atoms with Crippen LogP contribution in [-0.2, 0) is 14.3 Å². The smallest absolute Gasteiger partial charge is 0.278 e. The van der Waals surface area contributed by atoms with E-state index in [-0.39, 0.29) is 23.1 Å². The van der Waals surface area contributed by atoms with Crippen LogP contribution in [0.2, 0.25) is 0 Å². The van der Waals surface area contributed by atoms with Gasteiger partial charge in [0.15, 0.2) is 0 Å². The lowest BCUT2D eigenvalue weighted by atomic mass is 10.1. The van der Waals surface area contributed by atoms with Crippen LogP contribution in [0.4, 0.5) is 11.4 Å². The minimum Gasteiger partial charge on any atom is -0.497 e. The molecule has 0 unspecified atom stereocenters. The number of imide groups is 1. The van der Waals surface area contributed by atoms with Crippen LogP contribution in [0.3, 0.4) is 0 Å². The highest BCUT2D eigenvalue weighted by molar-refractivity contribution is 8.04. The molecule has 2 N–H and O–H groups in total. The zero-order valence-electron chi connectivity index (χ0n) is 22.8. The molecule has 1 aliphatic rings. The molecule has 0 fully saturated rings. The number of thioether (sulfide) groups is 1. The predicted molar refractivity (Wildman–Crippen MR) is 155 cm³/mol. The summed E-state index contributed by atoms with van der Waals surface area (Å²) in [6.07, 6.45) is 0.506. The zero-order valence-corrected chi connectivity index (χ0v) is 23.6. The van der Waals surface area contributed by atoms with Gasteiger partial charge in [-0.3, -0.25) is 19.3 Å². The molecule has 3 aromatic rings. The lowest BCUT2D eigenvalue weighted by Gasteiger charge is -2.15. The molecular formula is C30H31N3O6S. The number of benzene rings is 3. The van der Waals surface area contributed by atoms with Crippen LogP contribution in [0.1, 0.15) is 22.3 Å². The summed E-state index contributed by atoms with van der Waals surface area (Å²) in [5.74, 6) is -0.0483. The van der Waals surface area contributed by atoms with Crippen LogP contribution in [0.5, 0.6) is 11.5 Å². The molecule has 208 valence electrons. The van der Waals surface area contributed by atoms with E-state index in [2.05, 4.69) is 10.6 Å². The monoisotopic (exact) mass is 561 g/mol. The van der Waals surface area contributed by atoms with Gasteiger partial charge >= 0.3 is 0 Å². The van der Waals surface area contributed by atoms with Crippen molar-refractivity contribution in [1.82, 2.24) is 4.90 Å². The summed E-state index contributed by atoms with van der Waals surface area (Å²) in [6, 6.07) is 19.6. The number of anilines is 2. The molecule has 0 radical (unpaired) electrons. The third-order valence-electron chi connectivity index (χ3n) is 6.15. The molecule has 4 rings (SSSR count). The average molecular weight is 562 g/mol. The van der Waals surface area contributed by atoms with Crippen molar-refractivity contribution in [1.29, 1.82) is 0 Å². The van der Waals surface area contributed by atoms with E-state index in [9.17, 15) is 14.4 Å². The van der Waals surface area contributed by atoms with Gasteiger partial charge in [-0.15, -0.1) is 0 Å². The molecule has 3 aromatic carbocycles. The summed E-state index contributed by atoms with van der Waals surface area (Å²) in [4.78, 5) is 41.8. The Balaban J connectivity index is 1.62. The van der Waals surface area contributed by atoms with Crippen LogP contribution in [0.15, 0.2) is 82.2 Å². The lowest BCUT2D eigenvalue weighted by molar-refractivity contribution is -0.137. The molecule has 0 aliphatic carbocycles. The maximum atomic E-state index is 13.5. The van der Waals surface area contributed by atoms with Crippen molar-refractivity contribution in [3.63, 3.8) is 0 Å². The van der Waals surface area contributed by atoms with Gasteiger partial charge in [0.05, 0.1) is 19.9 Å². The first-order valence-electron chi connectivity index (χ1n) is 12.6. The minimum atomic E-state index is -0.440. The number of hydrogen-bond acceptors (Lipinski definition) is 8. The SMILES string of the molecule is COCCCN1C(=O)C(Nc2ccc(OC)cc2OC)=C(Sc2cccc(NC(=O)c3ccc(C)cc3)c2)C1=O. The van der Waals surface area contributed by atoms with Crippen molar-refractivity contribution in [2.45, 2.75) is 18.2 Å². The largest absolute Gasteiger partial charge is 0.497 e. The third kappa shape index (κ3) is 6.64. The summed E-state index contributed by atoms with van der Waals surface area (Å²) in [5, 5.41) is 6.02. The Morgan fingerprint density at radius 1 is 0.925 bits per heavy atom. The van der Waals surface area contributed by atoms with E-state index in [1.165, 1.54) is 12.0 Å². The van der Waals surface area contributed by atoms with Crippen molar-refractivity contribution >= 4 is 40.9 Å². The number of methoxy groups -OCH3 is 3. The second-order valence-electron chi connectivity index (χ2n) is 8.95. The number of nitrogens with zero attached hydrogens (tertiary/aromatic N) is 1. The van der Waals surface area contributed by atoms with Crippen LogP contribution in [0, 0.1) is 6.92 Å². The van der Waals surface area contributed by atoms with Gasteiger partial charge in [-0.25, -0.2) is 0 Å². The number of nitrogens with one attached hydrogen (secondary N) is 2. The first-order chi connectivity index (χ1) is 19.3. The number of rotatable bonds is 12. The Morgan fingerprint density at radius 2 is 1.70 bits per heavy atom. The predicted octanol–water partition coefficient (Wildman–Crippen LogP) is 5.09. The summed E-state index contributed by atoms with van der Waals surface area (Å²) in [6.45, 7) is 2.59. The quantitative estimate of drug-likeness (QED) is 0.233. The number of carbonyl (C=O) groups is 3. The van der Waals surface area contributed by atoms with Gasteiger partial charge < -0.3 is 24.8 Å². The topological polar surface area (TPSA) is 106 Å². The van der Waals surface area contributed by atoms with Gasteiger partial charge in [0.2, 0.25) is 0 Å². The van der Waals surface area contributed by atoms with Gasteiger partial charge in [-0.2, -0.15) is 0 Å². The Kier molecular flexibility index (Phi) is 9.47. The second kappa shape index (κ2) is 13.2. The van der Waals surface area contributed by atoms with Crippen LogP contribution < -0.4 is 20.1 Å². The van der Waals surface area contributed by atoms with Gasteiger partial charge in [0.1, 0.15) is 22.1 Å². The van der Waals surface area contributed by atoms with Crippen molar-refractivity contribution in [3.05, 3.63) is 88.5 Å². The van der Waals surface area contributed by atoms with Gasteiger partial charge in [0, 0.05) is 42.5 Å². The number of amides is 3. The number of carbonyl (C=O) groups excluding carboxylic acids is 3. The third-order valence-corrected chi connectivity index (χ3v) is 7.22. The highest BCUT2D eigenvalue weighted by Crippen LogP contribution is 2.38. The molecule has 0 bridgehead atoms. The van der Waals surface area contributed by atoms with Gasteiger partial charge in [0.25, 0.3) is 17.7 Å². The fourth-order valence-corrected chi connectivity index (χ4v) is 5.03. The number of ether oxygens (including phenoxy) is 3. The Labute approximate surface area is 237 Å². The molecular weight excluding hydrogens is 530 g/mol. The first-order valence-corrected chi connectivity index (χ1v) is 13.4. The molecule has 0 spiro atoms. The Bertz CT molecular complexity index is 1440. The lowest BCUT2D eigenvalue weighted by Crippen LogP contribution is -2.33. The zero-order chi connectivity index (χ0) is 28.6. The fraction of sp³-hybridized carbons (Fsp3) is 0.233. The molecule has 9 nitrogen and oxygen atoms in total. The van der Waals surface area contributed by atoms with E-state index in [0.29, 0.717) is 46.4 Å². The average Bonchev–Trinajstić information content (AvgIpc) is 3.17. The molecule has 40 heavy (non-hydrogen) atoms. The summed E-state index contributed by atoms with van der Waals surface area (Å²) in [5.41, 5.74) is 2.82. The number of hydrogen-bond donors (Lipinski definition) is 2. The maximum Gasteiger partial charge on any atom is 0.278 e. The molecule has 10 heteroatoms. The molecule has 1 aliphatic heterocycles. The van der Waals surface area contributed by atoms with Crippen LogP contribution in [0.25, 0.3) is 0 Å². The van der Waals surface area contributed by atoms with E-state index >= 15 is 0 Å². The molecule has 3 amide bonds. The van der Waals surface area contributed by atoms with E-state index in [4.69, 9.17) is 14.2 Å². The summed E-state index contributed by atoms with van der Waals surface area (Å²) in [7, 11) is 4.63. The number of aryl methyl sites for hydroxylation is 1. The summed E-state index contributed by atoms with van der Waals surface area (Å²) < 4.78 is 15.9. The van der Waals surface area contributed by atoms with E-state index in [1.54, 1.807) is 62.8 Å². The van der Waals surface area contributed by atoms with E-state index in [1.807, 2.05) is 25.1 Å². The van der Waals surface area contributed by atoms with E-state index < -0.39 is 11.8 Å². The fourth-order valence-electron chi connectivity index (χ4n) is 4.03. The Morgan fingerprint density at radius 3 is 2.40 bits per heavy atom. The molecule has 0 atom stereocenters. The first kappa shape index (κ1) is 28.7. The van der Waals surface area contributed by atoms with Crippen molar-refractivity contribution < 1.29 is 28.6 Å². The molecule has 1 heterocycles. The Hall–Kier alpha value is -4.28. The van der Waals surface area contributed by atoms with Crippen molar-refractivity contribution in [3.8, 4) is 11.5 Å². The second-order valence-corrected chi connectivity index (χ2v) is 10.0. The maximum absolute atomic E-state index is 13.5. The minimum absolute atomic E-state index is 0.143. The highest BCUT2D eigenvalue weighted by Gasteiger charge is 2.39. The molecule has 0 saturated heterocycles. The van der Waals surface area contributed by atoms with Crippen LogP contribution >= 0.6 is 11.8 Å². The van der Waals surface area contributed by atoms with E-state index in [0.717, 1.165) is 17.3 Å². The van der Waals surface area contributed by atoms with Gasteiger partial charge in [-0.05, 0) is 55.8 Å². The van der Waals surface area contributed by atoms with Gasteiger partial charge in [-0.1, -0.05) is 35.5 Å². The highest BCUT2D eigenvalue weighted by atomic mass is 32.2. The normalized spacial score (nSPS) is 13.1. The van der Waals surface area contributed by atoms with Crippen molar-refractivity contribution in [2.24, 2.45) is 0 Å².